The monoisotopic (exact) mass is 743 g/mol. The largest absolute Gasteiger partial charge is 0.311 e. The molecule has 1 aliphatic heterocycles. The summed E-state index contributed by atoms with van der Waals surface area (Å²) >= 11 is 0. The van der Waals surface area contributed by atoms with Crippen LogP contribution in [0.4, 0.5) is 17.1 Å². The molecule has 0 spiro atoms. The van der Waals surface area contributed by atoms with Crippen molar-refractivity contribution in [1.29, 1.82) is 0 Å². The van der Waals surface area contributed by atoms with Gasteiger partial charge in [-0.15, -0.1) is 0 Å². The van der Waals surface area contributed by atoms with Crippen molar-refractivity contribution in [2.24, 2.45) is 0 Å². The van der Waals surface area contributed by atoms with Gasteiger partial charge in [-0.3, -0.25) is 0 Å². The van der Waals surface area contributed by atoms with Gasteiger partial charge in [0, 0.05) is 17.1 Å². The Kier molecular flexibility index (Phi) is 7.61. The zero-order valence-corrected chi connectivity index (χ0v) is 33.2. The highest BCUT2D eigenvalue weighted by Crippen LogP contribution is 2.56. The molecule has 11 rings (SSSR count). The Balaban J connectivity index is 1.08. The Morgan fingerprint density at radius 3 is 1.60 bits per heavy atom. The summed E-state index contributed by atoms with van der Waals surface area (Å²) in [4.78, 5) is 2.45. The maximum Gasteiger partial charge on any atom is 0.113 e. The van der Waals surface area contributed by atoms with Gasteiger partial charge in [0.2, 0.25) is 0 Å². The van der Waals surface area contributed by atoms with Gasteiger partial charge >= 0.3 is 0 Å². The first-order valence-corrected chi connectivity index (χ1v) is 23.0. The summed E-state index contributed by atoms with van der Waals surface area (Å²) in [7, 11) is -1.91. The van der Waals surface area contributed by atoms with E-state index in [1.165, 1.54) is 82.5 Å². The highest BCUT2D eigenvalue weighted by molar-refractivity contribution is 7.03. The van der Waals surface area contributed by atoms with E-state index in [4.69, 9.17) is 0 Å². The summed E-state index contributed by atoms with van der Waals surface area (Å²) in [6, 6.07) is 79.1. The predicted octanol–water partition coefficient (Wildman–Crippen LogP) is 13.1. The Morgan fingerprint density at radius 1 is 0.368 bits per heavy atom. The molecule has 9 aromatic carbocycles. The van der Waals surface area contributed by atoms with Gasteiger partial charge in [0.1, 0.15) is 8.07 Å². The Labute approximate surface area is 336 Å². The quantitative estimate of drug-likeness (QED) is 0.153. The molecule has 0 fully saturated rings. The Hall–Kier alpha value is -6.74. The van der Waals surface area contributed by atoms with Gasteiger partial charge in [-0.2, -0.15) is 0 Å². The lowest BCUT2D eigenvalue weighted by molar-refractivity contribution is 0.768. The third-order valence-corrected chi connectivity index (χ3v) is 16.3. The van der Waals surface area contributed by atoms with Gasteiger partial charge in [0.25, 0.3) is 0 Å². The summed E-state index contributed by atoms with van der Waals surface area (Å²) in [5.41, 5.74) is 16.1. The van der Waals surface area contributed by atoms with Crippen molar-refractivity contribution >= 4 is 46.3 Å². The molecule has 9 aromatic rings. The van der Waals surface area contributed by atoms with Gasteiger partial charge in [-0.25, -0.2) is 0 Å². The van der Waals surface area contributed by atoms with Crippen LogP contribution in [0.1, 0.15) is 22.3 Å². The van der Waals surface area contributed by atoms with E-state index in [9.17, 15) is 0 Å². The van der Waals surface area contributed by atoms with Gasteiger partial charge < -0.3 is 4.90 Å². The fourth-order valence-electron chi connectivity index (χ4n) is 10.1. The molecule has 0 radical (unpaired) electrons. The van der Waals surface area contributed by atoms with Crippen LogP contribution in [0.2, 0.25) is 13.1 Å². The topological polar surface area (TPSA) is 3.24 Å². The highest BCUT2D eigenvalue weighted by atomic mass is 28.3. The molecule has 0 amide bonds. The summed E-state index contributed by atoms with van der Waals surface area (Å²) in [6.07, 6.45) is 0. The fraction of sp³-hybridized carbons (Fsp3) is 0.0545. The molecule has 0 N–H and O–H groups in total. The molecule has 1 heterocycles. The van der Waals surface area contributed by atoms with E-state index in [1.54, 1.807) is 0 Å². The summed E-state index contributed by atoms with van der Waals surface area (Å²) in [5.74, 6) is 0. The molecule has 1 nitrogen and oxygen atoms in total. The van der Waals surface area contributed by atoms with Gasteiger partial charge in [0.15, 0.2) is 0 Å². The maximum atomic E-state index is 2.50. The first-order valence-electron chi connectivity index (χ1n) is 20.0. The zero-order valence-electron chi connectivity index (χ0n) is 32.2. The number of fused-ring (bicyclic) bond motifs is 7. The van der Waals surface area contributed by atoms with Crippen LogP contribution >= 0.6 is 0 Å². The van der Waals surface area contributed by atoms with Crippen LogP contribution in [0.25, 0.3) is 44.2 Å². The van der Waals surface area contributed by atoms with E-state index in [-0.39, 0.29) is 0 Å². The molecule has 0 aromatic heterocycles. The predicted molar refractivity (Wildman–Crippen MR) is 244 cm³/mol. The minimum Gasteiger partial charge on any atom is -0.311 e. The second kappa shape index (κ2) is 12.9. The number of hydrogen-bond acceptors (Lipinski definition) is 1. The lowest BCUT2D eigenvalue weighted by Crippen LogP contribution is -2.49. The summed E-state index contributed by atoms with van der Waals surface area (Å²) < 4.78 is 0. The molecule has 0 atom stereocenters. The molecule has 1 aliphatic carbocycles. The molecule has 57 heavy (non-hydrogen) atoms. The lowest BCUT2D eigenvalue weighted by Gasteiger charge is -2.34. The van der Waals surface area contributed by atoms with Crippen LogP contribution in [0.5, 0.6) is 0 Å². The van der Waals surface area contributed by atoms with Crippen LogP contribution in [-0.4, -0.2) is 8.07 Å². The zero-order chi connectivity index (χ0) is 38.1. The number of nitrogens with zero attached hydrogens (tertiary/aromatic N) is 1. The van der Waals surface area contributed by atoms with Gasteiger partial charge in [-0.1, -0.05) is 189 Å². The summed E-state index contributed by atoms with van der Waals surface area (Å²) in [5, 5.41) is 5.55. The van der Waals surface area contributed by atoms with E-state index >= 15 is 0 Å². The fourth-order valence-corrected chi connectivity index (χ4v) is 13.2. The lowest BCUT2D eigenvalue weighted by atomic mass is 9.68. The first kappa shape index (κ1) is 33.6. The van der Waals surface area contributed by atoms with E-state index in [2.05, 4.69) is 230 Å². The van der Waals surface area contributed by atoms with Crippen LogP contribution in [0.3, 0.4) is 0 Å². The van der Waals surface area contributed by atoms with E-state index in [0.717, 1.165) is 11.4 Å². The molecule has 0 bridgehead atoms. The number of anilines is 3. The molecule has 0 saturated heterocycles. The van der Waals surface area contributed by atoms with Crippen LogP contribution < -0.4 is 15.3 Å². The van der Waals surface area contributed by atoms with Crippen LogP contribution in [-0.2, 0) is 5.41 Å². The van der Waals surface area contributed by atoms with Crippen molar-refractivity contribution in [3.05, 3.63) is 235 Å². The molecule has 2 heteroatoms. The first-order chi connectivity index (χ1) is 28.0. The summed E-state index contributed by atoms with van der Waals surface area (Å²) in [6.45, 7) is 5.00. The smallest absolute Gasteiger partial charge is 0.113 e. The average Bonchev–Trinajstić information content (AvgIpc) is 3.70. The second-order valence-corrected chi connectivity index (χ2v) is 20.4. The van der Waals surface area contributed by atoms with E-state index in [0.29, 0.717) is 0 Å². The standard InChI is InChI=1S/C55H41NSi/c1-57(2)53-26-13-10-22-49(53)50-36-35-44(37-54(50)57)56(42-31-27-39(28-32-42)46-23-14-16-38-15-6-7-19-45(38)46)43-33-29-41(30-34-43)55(40-17-4-3-5-18-40)51-24-11-8-20-47(51)48-21-9-12-25-52(48)55/h3-37H,1-2H3. The molecule has 270 valence electrons. The minimum atomic E-state index is -1.91. The second-order valence-electron chi connectivity index (χ2n) is 16.1. The third kappa shape index (κ3) is 5.00. The van der Waals surface area contributed by atoms with Crippen molar-refractivity contribution in [2.45, 2.75) is 18.5 Å². The van der Waals surface area contributed by atoms with Crippen molar-refractivity contribution in [3.8, 4) is 33.4 Å². The van der Waals surface area contributed by atoms with Crippen molar-refractivity contribution in [1.82, 2.24) is 0 Å². The molecular formula is C55H41NSi. The molecular weight excluding hydrogens is 703 g/mol. The normalized spacial score (nSPS) is 14.1. The number of benzene rings is 9. The number of hydrogen-bond donors (Lipinski definition) is 0. The van der Waals surface area contributed by atoms with Gasteiger partial charge in [0.05, 0.1) is 5.41 Å². The molecule has 0 unspecified atom stereocenters. The Bertz CT molecular complexity index is 2930. The maximum absolute atomic E-state index is 2.50. The van der Waals surface area contributed by atoms with Crippen molar-refractivity contribution in [3.63, 3.8) is 0 Å². The van der Waals surface area contributed by atoms with Crippen LogP contribution in [0, 0.1) is 0 Å². The SMILES string of the molecule is C[Si]1(C)c2ccccc2-c2ccc(N(c3ccc(-c4cccc5ccccc45)cc3)c3ccc(C4(c5ccccc5)c5ccccc5-c5ccccc54)cc3)cc21. The minimum absolute atomic E-state index is 0.438. The van der Waals surface area contributed by atoms with Gasteiger partial charge in [-0.05, 0) is 113 Å². The van der Waals surface area contributed by atoms with E-state index in [1.807, 2.05) is 0 Å². The van der Waals surface area contributed by atoms with Crippen LogP contribution in [0.15, 0.2) is 212 Å². The average molecular weight is 744 g/mol. The van der Waals surface area contributed by atoms with E-state index < -0.39 is 13.5 Å². The highest BCUT2D eigenvalue weighted by Gasteiger charge is 2.46. The van der Waals surface area contributed by atoms with Crippen molar-refractivity contribution < 1.29 is 0 Å². The molecule has 2 aliphatic rings. The molecule has 0 saturated carbocycles. The van der Waals surface area contributed by atoms with Crippen molar-refractivity contribution in [2.75, 3.05) is 4.90 Å². The number of rotatable bonds is 6. The Morgan fingerprint density at radius 2 is 0.877 bits per heavy atom. The third-order valence-electron chi connectivity index (χ3n) is 12.8.